The minimum absolute atomic E-state index is 0.0696. The molecule has 1 saturated heterocycles. The Kier molecular flexibility index (Phi) is 6.64. The number of rotatable bonds is 6. The van der Waals surface area contributed by atoms with Crippen LogP contribution in [-0.2, 0) is 6.54 Å². The quantitative estimate of drug-likeness (QED) is 0.802. The first kappa shape index (κ1) is 19.6. The summed E-state index contributed by atoms with van der Waals surface area (Å²) in [6, 6.07) is 14.4. The fourth-order valence-corrected chi connectivity index (χ4v) is 3.99. The number of piperidine rings is 1. The molecule has 2 aromatic carbocycles. The highest BCUT2D eigenvalue weighted by Crippen LogP contribution is 2.23. The normalized spacial score (nSPS) is 17.7. The van der Waals surface area contributed by atoms with E-state index in [0.717, 1.165) is 48.3 Å². The third-order valence-corrected chi connectivity index (χ3v) is 5.51. The molecule has 3 rings (SSSR count). The first-order valence-electron chi connectivity index (χ1n) is 9.90. The second-order valence-electron chi connectivity index (χ2n) is 7.55. The highest BCUT2D eigenvalue weighted by atomic mass is 16.3. The minimum atomic E-state index is -0.0696. The van der Waals surface area contributed by atoms with Crippen molar-refractivity contribution >= 4 is 11.6 Å². The van der Waals surface area contributed by atoms with Gasteiger partial charge in [0.15, 0.2) is 0 Å². The molecule has 1 amide bonds. The van der Waals surface area contributed by atoms with Crippen LogP contribution in [-0.4, -0.2) is 35.1 Å². The molecule has 1 aliphatic rings. The zero-order valence-corrected chi connectivity index (χ0v) is 16.4. The van der Waals surface area contributed by atoms with E-state index in [4.69, 9.17) is 0 Å². The summed E-state index contributed by atoms with van der Waals surface area (Å²) < 4.78 is 0. The molecule has 1 unspecified atom stereocenters. The van der Waals surface area contributed by atoms with Crippen molar-refractivity contribution in [2.75, 3.05) is 18.5 Å². The van der Waals surface area contributed by atoms with E-state index in [1.165, 1.54) is 12.8 Å². The van der Waals surface area contributed by atoms with Gasteiger partial charge in [0.1, 0.15) is 0 Å². The number of benzene rings is 2. The standard InChI is InChI=1S/C23H30N2O2/c1-17-7-5-8-18(2)22(17)24-23(27)20-10-6-9-19(15-20)16-25-13-4-3-11-21(25)12-14-26/h5-10,15,21,26H,3-4,11-14,16H2,1-2H3,(H,24,27). The number of likely N-dealkylation sites (tertiary alicyclic amines) is 1. The van der Waals surface area contributed by atoms with Gasteiger partial charge in [0.05, 0.1) is 0 Å². The summed E-state index contributed by atoms with van der Waals surface area (Å²) in [5.41, 5.74) is 4.87. The second kappa shape index (κ2) is 9.16. The number of hydrogen-bond donors (Lipinski definition) is 2. The molecular weight excluding hydrogens is 336 g/mol. The third-order valence-electron chi connectivity index (χ3n) is 5.51. The summed E-state index contributed by atoms with van der Waals surface area (Å²) in [5.74, 6) is -0.0696. The van der Waals surface area contributed by atoms with Gasteiger partial charge >= 0.3 is 0 Å². The maximum absolute atomic E-state index is 12.8. The molecule has 2 N–H and O–H groups in total. The summed E-state index contributed by atoms with van der Waals surface area (Å²) in [6.07, 6.45) is 4.41. The predicted molar refractivity (Wildman–Crippen MR) is 110 cm³/mol. The number of nitrogens with zero attached hydrogens (tertiary/aromatic N) is 1. The maximum atomic E-state index is 12.8. The van der Waals surface area contributed by atoms with Crippen LogP contribution in [0.3, 0.4) is 0 Å². The summed E-state index contributed by atoms with van der Waals surface area (Å²) in [6.45, 7) is 6.14. The number of carbonyl (C=O) groups excluding carboxylic acids is 1. The van der Waals surface area contributed by atoms with Gasteiger partial charge in [0, 0.05) is 30.4 Å². The highest BCUT2D eigenvalue weighted by molar-refractivity contribution is 6.05. The van der Waals surface area contributed by atoms with Crippen molar-refractivity contribution in [1.82, 2.24) is 4.90 Å². The Morgan fingerprint density at radius 1 is 1.15 bits per heavy atom. The van der Waals surface area contributed by atoms with Gasteiger partial charge in [-0.15, -0.1) is 0 Å². The van der Waals surface area contributed by atoms with Crippen LogP contribution in [0.1, 0.15) is 52.7 Å². The lowest BCUT2D eigenvalue weighted by molar-refractivity contribution is 0.102. The topological polar surface area (TPSA) is 52.6 Å². The van der Waals surface area contributed by atoms with Crippen LogP contribution in [0.25, 0.3) is 0 Å². The number of anilines is 1. The van der Waals surface area contributed by atoms with Crippen LogP contribution in [0.2, 0.25) is 0 Å². The van der Waals surface area contributed by atoms with Crippen molar-refractivity contribution in [1.29, 1.82) is 0 Å². The van der Waals surface area contributed by atoms with Crippen molar-refractivity contribution in [2.45, 2.75) is 52.1 Å². The van der Waals surface area contributed by atoms with Crippen molar-refractivity contribution < 1.29 is 9.90 Å². The van der Waals surface area contributed by atoms with Crippen LogP contribution < -0.4 is 5.32 Å². The summed E-state index contributed by atoms with van der Waals surface area (Å²) in [7, 11) is 0. The van der Waals surface area contributed by atoms with E-state index in [9.17, 15) is 9.90 Å². The molecule has 1 fully saturated rings. The second-order valence-corrected chi connectivity index (χ2v) is 7.55. The maximum Gasteiger partial charge on any atom is 0.255 e. The SMILES string of the molecule is Cc1cccc(C)c1NC(=O)c1cccc(CN2CCCCC2CCO)c1. The van der Waals surface area contributed by atoms with Crippen molar-refractivity contribution in [2.24, 2.45) is 0 Å². The van der Waals surface area contributed by atoms with Gasteiger partial charge in [0.25, 0.3) is 5.91 Å². The lowest BCUT2D eigenvalue weighted by Gasteiger charge is -2.35. The Morgan fingerprint density at radius 2 is 1.89 bits per heavy atom. The average molecular weight is 367 g/mol. The number of aliphatic hydroxyl groups is 1. The van der Waals surface area contributed by atoms with Gasteiger partial charge in [-0.3, -0.25) is 9.69 Å². The Hall–Kier alpha value is -2.17. The van der Waals surface area contributed by atoms with Crippen LogP contribution in [0.4, 0.5) is 5.69 Å². The lowest BCUT2D eigenvalue weighted by Crippen LogP contribution is -2.39. The monoisotopic (exact) mass is 366 g/mol. The largest absolute Gasteiger partial charge is 0.396 e. The van der Waals surface area contributed by atoms with Crippen LogP contribution in [0, 0.1) is 13.8 Å². The molecule has 1 aliphatic heterocycles. The Bertz CT molecular complexity index is 765. The van der Waals surface area contributed by atoms with Crippen molar-refractivity contribution in [3.05, 3.63) is 64.7 Å². The minimum Gasteiger partial charge on any atom is -0.396 e. The number of amides is 1. The Balaban J connectivity index is 1.72. The summed E-state index contributed by atoms with van der Waals surface area (Å²) >= 11 is 0. The molecular formula is C23H30N2O2. The molecule has 0 spiro atoms. The zero-order chi connectivity index (χ0) is 19.2. The van der Waals surface area contributed by atoms with Crippen molar-refractivity contribution in [3.8, 4) is 0 Å². The molecule has 1 atom stereocenters. The van der Waals surface area contributed by atoms with E-state index in [-0.39, 0.29) is 12.5 Å². The highest BCUT2D eigenvalue weighted by Gasteiger charge is 2.22. The number of nitrogens with one attached hydrogen (secondary N) is 1. The van der Waals surface area contributed by atoms with Gasteiger partial charge in [-0.25, -0.2) is 0 Å². The first-order valence-corrected chi connectivity index (χ1v) is 9.90. The van der Waals surface area contributed by atoms with Gasteiger partial charge in [0.2, 0.25) is 0 Å². The van der Waals surface area contributed by atoms with E-state index >= 15 is 0 Å². The van der Waals surface area contributed by atoms with E-state index < -0.39 is 0 Å². The van der Waals surface area contributed by atoms with Crippen LogP contribution >= 0.6 is 0 Å². The molecule has 0 aromatic heterocycles. The average Bonchev–Trinajstić information content (AvgIpc) is 2.67. The van der Waals surface area contributed by atoms with Crippen LogP contribution in [0.15, 0.2) is 42.5 Å². The lowest BCUT2D eigenvalue weighted by atomic mass is 9.98. The molecule has 0 saturated carbocycles. The third kappa shape index (κ3) is 4.96. The number of aliphatic hydroxyl groups excluding tert-OH is 1. The molecule has 1 heterocycles. The Labute approximate surface area is 162 Å². The molecule has 2 aromatic rings. The van der Waals surface area contributed by atoms with E-state index in [1.807, 2.05) is 50.2 Å². The zero-order valence-electron chi connectivity index (χ0n) is 16.4. The van der Waals surface area contributed by atoms with Crippen molar-refractivity contribution in [3.63, 3.8) is 0 Å². The van der Waals surface area contributed by atoms with E-state index in [0.29, 0.717) is 11.6 Å². The van der Waals surface area contributed by atoms with Gasteiger partial charge < -0.3 is 10.4 Å². The fourth-order valence-electron chi connectivity index (χ4n) is 3.99. The molecule has 0 radical (unpaired) electrons. The number of hydrogen-bond acceptors (Lipinski definition) is 3. The molecule has 4 nitrogen and oxygen atoms in total. The first-order chi connectivity index (χ1) is 13.1. The molecule has 27 heavy (non-hydrogen) atoms. The van der Waals surface area contributed by atoms with Gasteiger partial charge in [-0.1, -0.05) is 36.8 Å². The van der Waals surface area contributed by atoms with E-state index in [2.05, 4.69) is 16.3 Å². The van der Waals surface area contributed by atoms with Crippen LogP contribution in [0.5, 0.6) is 0 Å². The molecule has 0 aliphatic carbocycles. The fraction of sp³-hybridized carbons (Fsp3) is 0.435. The smallest absolute Gasteiger partial charge is 0.255 e. The van der Waals surface area contributed by atoms with Gasteiger partial charge in [-0.05, 0) is 68.5 Å². The number of carbonyl (C=O) groups is 1. The Morgan fingerprint density at radius 3 is 2.63 bits per heavy atom. The summed E-state index contributed by atoms with van der Waals surface area (Å²) in [5, 5.41) is 12.4. The number of aryl methyl sites for hydroxylation is 2. The molecule has 4 heteroatoms. The van der Waals surface area contributed by atoms with Gasteiger partial charge in [-0.2, -0.15) is 0 Å². The summed E-state index contributed by atoms with van der Waals surface area (Å²) in [4.78, 5) is 15.2. The number of para-hydroxylation sites is 1. The van der Waals surface area contributed by atoms with E-state index in [1.54, 1.807) is 0 Å². The molecule has 144 valence electrons. The molecule has 0 bridgehead atoms. The predicted octanol–water partition coefficient (Wildman–Crippen LogP) is 4.29.